The second kappa shape index (κ2) is 5.23. The van der Waals surface area contributed by atoms with Crippen LogP contribution < -0.4 is 0 Å². The summed E-state index contributed by atoms with van der Waals surface area (Å²) >= 11 is 0. The monoisotopic (exact) mass is 273 g/mol. The molecular formula is C15H19N3O2. The van der Waals surface area contributed by atoms with Crippen molar-refractivity contribution in [2.24, 2.45) is 0 Å². The van der Waals surface area contributed by atoms with E-state index in [1.165, 1.54) is 0 Å². The molecule has 0 aromatic carbocycles. The molecule has 5 heteroatoms. The van der Waals surface area contributed by atoms with Gasteiger partial charge in [-0.2, -0.15) is 0 Å². The third kappa shape index (κ3) is 2.07. The number of hydrogen-bond acceptors (Lipinski definition) is 3. The number of likely N-dealkylation sites (tertiary alicyclic amines) is 2. The molecule has 106 valence electrons. The molecule has 2 fully saturated rings. The Morgan fingerprint density at radius 3 is 3.00 bits per heavy atom. The van der Waals surface area contributed by atoms with Crippen molar-refractivity contribution < 1.29 is 9.59 Å². The minimum Gasteiger partial charge on any atom is -0.338 e. The molecule has 5 nitrogen and oxygen atoms in total. The molecule has 2 aliphatic heterocycles. The van der Waals surface area contributed by atoms with Gasteiger partial charge >= 0.3 is 0 Å². The Morgan fingerprint density at radius 1 is 1.45 bits per heavy atom. The van der Waals surface area contributed by atoms with Gasteiger partial charge in [0.15, 0.2) is 0 Å². The molecule has 0 aliphatic carbocycles. The largest absolute Gasteiger partial charge is 0.338 e. The third-order valence-corrected chi connectivity index (χ3v) is 4.25. The summed E-state index contributed by atoms with van der Waals surface area (Å²) in [5.41, 5.74) is 0.606. The number of amides is 2. The first-order chi connectivity index (χ1) is 9.72. The van der Waals surface area contributed by atoms with Crippen LogP contribution in [0.3, 0.4) is 0 Å². The minimum atomic E-state index is -0.00301. The fourth-order valence-electron chi connectivity index (χ4n) is 3.37. The zero-order valence-corrected chi connectivity index (χ0v) is 11.7. The number of pyridine rings is 1. The van der Waals surface area contributed by atoms with Gasteiger partial charge in [-0.25, -0.2) is 0 Å². The van der Waals surface area contributed by atoms with Gasteiger partial charge in [-0.1, -0.05) is 6.92 Å². The Labute approximate surface area is 118 Å². The molecule has 0 radical (unpaired) electrons. The summed E-state index contributed by atoms with van der Waals surface area (Å²) in [6.07, 6.45) is 5.58. The highest BCUT2D eigenvalue weighted by molar-refractivity contribution is 5.95. The van der Waals surface area contributed by atoms with Gasteiger partial charge in [-0.3, -0.25) is 14.6 Å². The van der Waals surface area contributed by atoms with E-state index in [0.717, 1.165) is 25.9 Å². The first kappa shape index (κ1) is 13.1. The Hall–Kier alpha value is -1.91. The Kier molecular flexibility index (Phi) is 3.42. The summed E-state index contributed by atoms with van der Waals surface area (Å²) in [4.78, 5) is 32.4. The predicted molar refractivity (Wildman–Crippen MR) is 74.1 cm³/mol. The van der Waals surface area contributed by atoms with Gasteiger partial charge < -0.3 is 9.80 Å². The van der Waals surface area contributed by atoms with Crippen molar-refractivity contribution >= 4 is 11.8 Å². The van der Waals surface area contributed by atoms with Gasteiger partial charge in [-0.15, -0.1) is 0 Å². The van der Waals surface area contributed by atoms with Gasteiger partial charge in [0.25, 0.3) is 5.91 Å². The lowest BCUT2D eigenvalue weighted by molar-refractivity contribution is -0.129. The predicted octanol–water partition coefficient (Wildman–Crippen LogP) is 1.31. The Morgan fingerprint density at radius 2 is 2.30 bits per heavy atom. The third-order valence-electron chi connectivity index (χ3n) is 4.25. The van der Waals surface area contributed by atoms with Crippen LogP contribution >= 0.6 is 0 Å². The number of carbonyl (C=O) groups is 2. The zero-order chi connectivity index (χ0) is 14.1. The van der Waals surface area contributed by atoms with Crippen molar-refractivity contribution in [2.45, 2.75) is 38.3 Å². The minimum absolute atomic E-state index is 0.00301. The molecule has 3 rings (SSSR count). The first-order valence-electron chi connectivity index (χ1n) is 7.23. The van der Waals surface area contributed by atoms with Gasteiger partial charge in [0.05, 0.1) is 17.6 Å². The van der Waals surface area contributed by atoms with Crippen LogP contribution in [0.2, 0.25) is 0 Å². The molecule has 2 aliphatic rings. The highest BCUT2D eigenvalue weighted by atomic mass is 16.2. The van der Waals surface area contributed by atoms with E-state index in [2.05, 4.69) is 11.9 Å². The molecule has 2 amide bonds. The van der Waals surface area contributed by atoms with E-state index < -0.39 is 0 Å². The van der Waals surface area contributed by atoms with Crippen LogP contribution in [0.5, 0.6) is 0 Å². The lowest BCUT2D eigenvalue weighted by atomic mass is 10.1. The van der Waals surface area contributed by atoms with Crippen molar-refractivity contribution in [3.63, 3.8) is 0 Å². The molecule has 20 heavy (non-hydrogen) atoms. The summed E-state index contributed by atoms with van der Waals surface area (Å²) in [7, 11) is 0. The number of fused-ring (bicyclic) bond motifs is 1. The smallest absolute Gasteiger partial charge is 0.255 e. The molecular weight excluding hydrogens is 254 g/mol. The highest BCUT2D eigenvalue weighted by Gasteiger charge is 2.47. The van der Waals surface area contributed by atoms with Crippen molar-refractivity contribution in [1.82, 2.24) is 14.8 Å². The fraction of sp³-hybridized carbons (Fsp3) is 0.533. The molecule has 2 saturated heterocycles. The summed E-state index contributed by atoms with van der Waals surface area (Å²) in [6, 6.07) is 3.80. The second-order valence-electron chi connectivity index (χ2n) is 5.45. The van der Waals surface area contributed by atoms with Crippen molar-refractivity contribution in [3.05, 3.63) is 30.1 Å². The molecule has 0 N–H and O–H groups in total. The molecule has 1 aromatic heterocycles. The lowest BCUT2D eigenvalue weighted by Crippen LogP contribution is -2.40. The van der Waals surface area contributed by atoms with Gasteiger partial charge in [-0.05, 0) is 25.0 Å². The maximum absolute atomic E-state index is 12.5. The number of rotatable bonds is 3. The molecule has 0 saturated carbocycles. The molecule has 0 unspecified atom stereocenters. The maximum atomic E-state index is 12.5. The number of nitrogens with zero attached hydrogens (tertiary/aromatic N) is 3. The van der Waals surface area contributed by atoms with E-state index in [1.807, 2.05) is 9.80 Å². The van der Waals surface area contributed by atoms with Crippen LogP contribution in [-0.4, -0.2) is 51.8 Å². The van der Waals surface area contributed by atoms with E-state index in [9.17, 15) is 9.59 Å². The number of carbonyl (C=O) groups excluding carboxylic acids is 2. The average Bonchev–Trinajstić information content (AvgIpc) is 3.00. The normalized spacial score (nSPS) is 25.1. The summed E-state index contributed by atoms with van der Waals surface area (Å²) < 4.78 is 0. The molecule has 0 spiro atoms. The van der Waals surface area contributed by atoms with Crippen LogP contribution in [0, 0.1) is 0 Å². The van der Waals surface area contributed by atoms with Crippen LogP contribution in [0.15, 0.2) is 24.5 Å². The fourth-order valence-corrected chi connectivity index (χ4v) is 3.37. The summed E-state index contributed by atoms with van der Waals surface area (Å²) in [5, 5.41) is 0. The number of hydrogen-bond donors (Lipinski definition) is 0. The highest BCUT2D eigenvalue weighted by Crippen LogP contribution is 2.33. The average molecular weight is 273 g/mol. The number of aromatic nitrogens is 1. The van der Waals surface area contributed by atoms with Gasteiger partial charge in [0.1, 0.15) is 0 Å². The molecule has 2 atom stereocenters. The Bertz CT molecular complexity index is 517. The summed E-state index contributed by atoms with van der Waals surface area (Å²) in [6.45, 7) is 3.61. The van der Waals surface area contributed by atoms with E-state index in [4.69, 9.17) is 0 Å². The van der Waals surface area contributed by atoms with Crippen molar-refractivity contribution in [2.75, 3.05) is 13.1 Å². The topological polar surface area (TPSA) is 53.5 Å². The van der Waals surface area contributed by atoms with Crippen LogP contribution in [-0.2, 0) is 4.79 Å². The molecule has 3 heterocycles. The van der Waals surface area contributed by atoms with E-state index in [0.29, 0.717) is 12.0 Å². The van der Waals surface area contributed by atoms with Crippen molar-refractivity contribution in [3.8, 4) is 0 Å². The van der Waals surface area contributed by atoms with Crippen LogP contribution in [0.4, 0.5) is 0 Å². The Balaban J connectivity index is 1.78. The zero-order valence-electron chi connectivity index (χ0n) is 11.7. The lowest BCUT2D eigenvalue weighted by Gasteiger charge is -2.25. The summed E-state index contributed by atoms with van der Waals surface area (Å²) in [5.74, 6) is 0.183. The SMILES string of the molecule is CCCN1C(=O)C[C@H]2[C@@H]1CCN2C(=O)c1cccnc1. The van der Waals surface area contributed by atoms with E-state index in [1.54, 1.807) is 24.5 Å². The van der Waals surface area contributed by atoms with Crippen molar-refractivity contribution in [1.29, 1.82) is 0 Å². The maximum Gasteiger partial charge on any atom is 0.255 e. The van der Waals surface area contributed by atoms with Crippen LogP contribution in [0.25, 0.3) is 0 Å². The van der Waals surface area contributed by atoms with E-state index >= 15 is 0 Å². The molecule has 0 bridgehead atoms. The standard InChI is InChI=1S/C15H19N3O2/c1-2-7-17-12-5-8-18(13(12)9-14(17)19)15(20)11-4-3-6-16-10-11/h3-4,6,10,12-13H,2,5,7-9H2,1H3/t12-,13-/m0/s1. The second-order valence-corrected chi connectivity index (χ2v) is 5.45. The van der Waals surface area contributed by atoms with Crippen LogP contribution in [0.1, 0.15) is 36.5 Å². The molecule has 1 aromatic rings. The van der Waals surface area contributed by atoms with Gasteiger partial charge in [0.2, 0.25) is 5.91 Å². The van der Waals surface area contributed by atoms with Gasteiger partial charge in [0, 0.05) is 31.9 Å². The first-order valence-corrected chi connectivity index (χ1v) is 7.23. The van der Waals surface area contributed by atoms with E-state index in [-0.39, 0.29) is 23.9 Å². The quantitative estimate of drug-likeness (QED) is 0.834.